The molecule has 0 amide bonds. The number of piperidine rings is 1. The molecule has 3 nitrogen and oxygen atoms in total. The summed E-state index contributed by atoms with van der Waals surface area (Å²) in [7, 11) is 0. The smallest absolute Gasteiger partial charge is 0.303 e. The number of aliphatic carboxylic acids is 1. The third-order valence-electron chi connectivity index (χ3n) is 3.78. The molecule has 1 heterocycles. The average molecular weight is 247 g/mol. The van der Waals surface area contributed by atoms with Gasteiger partial charge in [0.05, 0.1) is 0 Å². The molecule has 0 radical (unpaired) electrons. The lowest BCUT2D eigenvalue weighted by atomic mass is 9.93. The third-order valence-corrected chi connectivity index (χ3v) is 3.78. The van der Waals surface area contributed by atoms with Gasteiger partial charge in [0.1, 0.15) is 0 Å². The number of aryl methyl sites for hydroxylation is 2. The van der Waals surface area contributed by atoms with Crippen LogP contribution in [0.4, 0.5) is 5.69 Å². The summed E-state index contributed by atoms with van der Waals surface area (Å²) in [5.74, 6) is -0.316. The van der Waals surface area contributed by atoms with Crippen LogP contribution in [0.2, 0.25) is 0 Å². The monoisotopic (exact) mass is 247 g/mol. The van der Waals surface area contributed by atoms with Crippen LogP contribution >= 0.6 is 0 Å². The van der Waals surface area contributed by atoms with Crippen LogP contribution in [0.25, 0.3) is 0 Å². The second kappa shape index (κ2) is 5.42. The molecule has 3 heteroatoms. The van der Waals surface area contributed by atoms with Crippen LogP contribution in [0.3, 0.4) is 0 Å². The Hall–Kier alpha value is -1.51. The van der Waals surface area contributed by atoms with E-state index in [0.29, 0.717) is 12.3 Å². The quantitative estimate of drug-likeness (QED) is 0.892. The number of carboxylic acid groups (broad SMARTS) is 1. The summed E-state index contributed by atoms with van der Waals surface area (Å²) in [4.78, 5) is 13.1. The van der Waals surface area contributed by atoms with E-state index in [9.17, 15) is 4.79 Å². The van der Waals surface area contributed by atoms with E-state index in [4.69, 9.17) is 5.11 Å². The van der Waals surface area contributed by atoms with E-state index < -0.39 is 5.97 Å². The van der Waals surface area contributed by atoms with Gasteiger partial charge < -0.3 is 10.0 Å². The Kier molecular flexibility index (Phi) is 3.90. The first-order valence-corrected chi connectivity index (χ1v) is 6.60. The molecule has 0 saturated carbocycles. The minimum atomic E-state index is -0.666. The van der Waals surface area contributed by atoms with Crippen molar-refractivity contribution >= 4 is 11.7 Å². The lowest BCUT2D eigenvalue weighted by Crippen LogP contribution is -2.34. The van der Waals surface area contributed by atoms with Crippen LogP contribution in [0.1, 0.15) is 30.4 Å². The highest BCUT2D eigenvalue weighted by Gasteiger charge is 2.22. The minimum Gasteiger partial charge on any atom is -0.481 e. The van der Waals surface area contributed by atoms with Crippen LogP contribution in [0.5, 0.6) is 0 Å². The zero-order chi connectivity index (χ0) is 13.1. The first-order chi connectivity index (χ1) is 8.56. The van der Waals surface area contributed by atoms with Gasteiger partial charge in [-0.15, -0.1) is 0 Å². The number of anilines is 1. The van der Waals surface area contributed by atoms with Crippen molar-refractivity contribution in [2.45, 2.75) is 33.1 Å². The molecule has 0 aromatic heterocycles. The van der Waals surface area contributed by atoms with E-state index in [1.54, 1.807) is 0 Å². The second-order valence-electron chi connectivity index (χ2n) is 5.32. The van der Waals surface area contributed by atoms with Gasteiger partial charge in [0.25, 0.3) is 0 Å². The molecule has 1 saturated heterocycles. The maximum absolute atomic E-state index is 10.7. The molecule has 0 aliphatic carbocycles. The van der Waals surface area contributed by atoms with E-state index >= 15 is 0 Å². The van der Waals surface area contributed by atoms with Crippen LogP contribution in [-0.2, 0) is 4.79 Å². The van der Waals surface area contributed by atoms with Gasteiger partial charge in [0.15, 0.2) is 0 Å². The summed E-state index contributed by atoms with van der Waals surface area (Å²) in [6, 6.07) is 6.52. The minimum absolute atomic E-state index is 0.320. The fraction of sp³-hybridized carbons (Fsp3) is 0.533. The van der Waals surface area contributed by atoms with Crippen LogP contribution in [0, 0.1) is 19.8 Å². The van der Waals surface area contributed by atoms with Crippen LogP contribution in [-0.4, -0.2) is 24.2 Å². The molecule has 0 bridgehead atoms. The molecule has 1 fully saturated rings. The van der Waals surface area contributed by atoms with Gasteiger partial charge in [-0.1, -0.05) is 12.1 Å². The highest BCUT2D eigenvalue weighted by atomic mass is 16.4. The van der Waals surface area contributed by atoms with E-state index in [2.05, 4.69) is 36.9 Å². The van der Waals surface area contributed by atoms with Gasteiger partial charge in [-0.05, 0) is 49.8 Å². The Labute approximate surface area is 108 Å². The van der Waals surface area contributed by atoms with E-state index in [1.807, 2.05) is 0 Å². The standard InChI is InChI=1S/C15H21NO2/c1-11-3-4-12(2)14(9-11)16-7-5-13(6-8-16)10-15(17)18/h3-4,9,13H,5-8,10H2,1-2H3,(H,17,18). The molecular weight excluding hydrogens is 226 g/mol. The third kappa shape index (κ3) is 3.03. The largest absolute Gasteiger partial charge is 0.481 e. The Morgan fingerprint density at radius 2 is 2.00 bits per heavy atom. The maximum atomic E-state index is 10.7. The van der Waals surface area contributed by atoms with Crippen molar-refractivity contribution in [3.63, 3.8) is 0 Å². The van der Waals surface area contributed by atoms with Crippen molar-refractivity contribution in [3.8, 4) is 0 Å². The Balaban J connectivity index is 2.01. The topological polar surface area (TPSA) is 40.5 Å². The Morgan fingerprint density at radius 3 is 2.61 bits per heavy atom. The van der Waals surface area contributed by atoms with Gasteiger partial charge in [-0.3, -0.25) is 4.79 Å². The molecule has 1 aliphatic heterocycles. The predicted octanol–water partition coefficient (Wildman–Crippen LogP) is 2.99. The van der Waals surface area contributed by atoms with Gasteiger partial charge in [-0.25, -0.2) is 0 Å². The normalized spacial score (nSPS) is 16.9. The number of rotatable bonds is 3. The summed E-state index contributed by atoms with van der Waals surface area (Å²) < 4.78 is 0. The predicted molar refractivity (Wildman–Crippen MR) is 73.1 cm³/mol. The van der Waals surface area contributed by atoms with E-state index in [1.165, 1.54) is 16.8 Å². The average Bonchev–Trinajstić information content (AvgIpc) is 2.33. The van der Waals surface area contributed by atoms with Gasteiger partial charge in [-0.2, -0.15) is 0 Å². The number of hydrogen-bond acceptors (Lipinski definition) is 2. The van der Waals surface area contributed by atoms with Crippen molar-refractivity contribution in [1.29, 1.82) is 0 Å². The zero-order valence-electron chi connectivity index (χ0n) is 11.1. The zero-order valence-corrected chi connectivity index (χ0v) is 11.1. The van der Waals surface area contributed by atoms with E-state index in [0.717, 1.165) is 25.9 Å². The molecule has 2 rings (SSSR count). The molecule has 0 atom stereocenters. The summed E-state index contributed by atoms with van der Waals surface area (Å²) in [5.41, 5.74) is 3.89. The fourth-order valence-electron chi connectivity index (χ4n) is 2.69. The van der Waals surface area contributed by atoms with Crippen molar-refractivity contribution in [3.05, 3.63) is 29.3 Å². The van der Waals surface area contributed by atoms with Gasteiger partial charge >= 0.3 is 5.97 Å². The number of carbonyl (C=O) groups is 1. The highest BCUT2D eigenvalue weighted by Crippen LogP contribution is 2.28. The summed E-state index contributed by atoms with van der Waals surface area (Å²) >= 11 is 0. The number of carboxylic acids is 1. The lowest BCUT2D eigenvalue weighted by Gasteiger charge is -2.34. The molecule has 0 spiro atoms. The molecule has 0 unspecified atom stereocenters. The van der Waals surface area contributed by atoms with Crippen molar-refractivity contribution in [2.24, 2.45) is 5.92 Å². The van der Waals surface area contributed by atoms with Crippen molar-refractivity contribution in [1.82, 2.24) is 0 Å². The molecule has 1 N–H and O–H groups in total. The Morgan fingerprint density at radius 1 is 1.33 bits per heavy atom. The first-order valence-electron chi connectivity index (χ1n) is 6.60. The molecule has 1 aromatic carbocycles. The summed E-state index contributed by atoms with van der Waals surface area (Å²) in [6.45, 7) is 6.20. The maximum Gasteiger partial charge on any atom is 0.303 e. The fourth-order valence-corrected chi connectivity index (χ4v) is 2.69. The molecule has 98 valence electrons. The van der Waals surface area contributed by atoms with Crippen LogP contribution in [0.15, 0.2) is 18.2 Å². The number of nitrogens with zero attached hydrogens (tertiary/aromatic N) is 1. The van der Waals surface area contributed by atoms with Crippen molar-refractivity contribution in [2.75, 3.05) is 18.0 Å². The Bertz CT molecular complexity index is 434. The SMILES string of the molecule is Cc1ccc(C)c(N2CCC(CC(=O)O)CC2)c1. The summed E-state index contributed by atoms with van der Waals surface area (Å²) in [5, 5.41) is 8.82. The number of hydrogen-bond donors (Lipinski definition) is 1. The lowest BCUT2D eigenvalue weighted by molar-refractivity contribution is -0.138. The molecular formula is C15H21NO2. The summed E-state index contributed by atoms with van der Waals surface area (Å²) in [6.07, 6.45) is 2.29. The molecule has 1 aromatic rings. The van der Waals surface area contributed by atoms with Gasteiger partial charge in [0.2, 0.25) is 0 Å². The highest BCUT2D eigenvalue weighted by molar-refractivity contribution is 5.67. The van der Waals surface area contributed by atoms with E-state index in [-0.39, 0.29) is 0 Å². The molecule has 1 aliphatic rings. The molecule has 18 heavy (non-hydrogen) atoms. The first kappa shape index (κ1) is 12.9. The second-order valence-corrected chi connectivity index (χ2v) is 5.32. The van der Waals surface area contributed by atoms with Gasteiger partial charge in [0, 0.05) is 25.2 Å². The number of benzene rings is 1. The van der Waals surface area contributed by atoms with Crippen molar-refractivity contribution < 1.29 is 9.90 Å². The van der Waals surface area contributed by atoms with Crippen LogP contribution < -0.4 is 4.90 Å².